The molecule has 1 aliphatic heterocycles. The number of pyridine rings is 2. The summed E-state index contributed by atoms with van der Waals surface area (Å²) in [5, 5.41) is 27.0. The zero-order valence-electron chi connectivity index (χ0n) is 16.5. The summed E-state index contributed by atoms with van der Waals surface area (Å²) in [4.78, 5) is 4.65. The van der Waals surface area contributed by atoms with Gasteiger partial charge in [0.25, 0.3) is 0 Å². The maximum Gasteiger partial charge on any atom is 0.138 e. The van der Waals surface area contributed by atoms with Gasteiger partial charge in [0.1, 0.15) is 18.4 Å². The molecule has 7 heteroatoms. The average Bonchev–Trinajstić information content (AvgIpc) is 3.15. The van der Waals surface area contributed by atoms with Crippen molar-refractivity contribution in [3.05, 3.63) is 54.1 Å². The van der Waals surface area contributed by atoms with Gasteiger partial charge >= 0.3 is 0 Å². The molecule has 0 amide bonds. The minimum atomic E-state index is -0.956. The van der Waals surface area contributed by atoms with E-state index in [1.165, 1.54) is 5.57 Å². The fourth-order valence-electron chi connectivity index (χ4n) is 3.34. The second-order valence-electron chi connectivity index (χ2n) is 7.77. The second kappa shape index (κ2) is 7.66. The van der Waals surface area contributed by atoms with E-state index in [0.717, 1.165) is 36.3 Å². The number of aliphatic hydroxyl groups is 1. The van der Waals surface area contributed by atoms with Gasteiger partial charge in [-0.25, -0.2) is 4.52 Å². The standard InChI is InChI=1S/C22H23N5O2/c1-22(2,28)14-29-18-9-19(21-17(10-23)12-26-27(21)13-18)16-3-4-20(25-11-16)15-5-7-24-8-6-15/h3-5,9,11-13,24,28H,6-8,14H2,1-2H3. The van der Waals surface area contributed by atoms with Gasteiger partial charge in [-0.15, -0.1) is 0 Å². The van der Waals surface area contributed by atoms with Crippen LogP contribution >= 0.6 is 0 Å². The molecule has 0 bridgehead atoms. The van der Waals surface area contributed by atoms with Crippen LogP contribution in [0, 0.1) is 11.3 Å². The predicted octanol–water partition coefficient (Wildman–Crippen LogP) is 2.79. The Morgan fingerprint density at radius 3 is 2.86 bits per heavy atom. The molecule has 0 atom stereocenters. The van der Waals surface area contributed by atoms with Crippen molar-refractivity contribution in [1.29, 1.82) is 5.26 Å². The van der Waals surface area contributed by atoms with E-state index in [1.54, 1.807) is 30.8 Å². The molecule has 0 aromatic carbocycles. The summed E-state index contributed by atoms with van der Waals surface area (Å²) in [6.07, 6.45) is 8.20. The molecular weight excluding hydrogens is 366 g/mol. The molecule has 0 aliphatic carbocycles. The first-order valence-electron chi connectivity index (χ1n) is 9.58. The van der Waals surface area contributed by atoms with E-state index >= 15 is 0 Å². The Bertz CT molecular complexity index is 1100. The fourth-order valence-corrected chi connectivity index (χ4v) is 3.34. The fraction of sp³-hybridized carbons (Fsp3) is 0.318. The zero-order valence-corrected chi connectivity index (χ0v) is 16.5. The Kier molecular flexibility index (Phi) is 5.05. The van der Waals surface area contributed by atoms with Gasteiger partial charge in [0.2, 0.25) is 0 Å². The van der Waals surface area contributed by atoms with Crippen LogP contribution in [-0.2, 0) is 0 Å². The number of nitriles is 1. The Labute approximate surface area is 169 Å². The highest BCUT2D eigenvalue weighted by Gasteiger charge is 2.17. The predicted molar refractivity (Wildman–Crippen MR) is 110 cm³/mol. The lowest BCUT2D eigenvalue weighted by atomic mass is 10.0. The lowest BCUT2D eigenvalue weighted by molar-refractivity contribution is 0.0283. The average molecular weight is 389 g/mol. The summed E-state index contributed by atoms with van der Waals surface area (Å²) in [6.45, 7) is 5.33. The number of nitrogens with zero attached hydrogens (tertiary/aromatic N) is 4. The number of hydrogen-bond acceptors (Lipinski definition) is 6. The van der Waals surface area contributed by atoms with Crippen LogP contribution in [0.5, 0.6) is 5.75 Å². The summed E-state index contributed by atoms with van der Waals surface area (Å²) in [5.74, 6) is 0.562. The molecule has 4 heterocycles. The SMILES string of the molecule is CC(C)(O)COc1cc(-c2ccc(C3=CCNCC3)nc2)c2c(C#N)cnn2c1. The minimum Gasteiger partial charge on any atom is -0.489 e. The normalized spacial score (nSPS) is 14.5. The minimum absolute atomic E-state index is 0.143. The summed E-state index contributed by atoms with van der Waals surface area (Å²) in [7, 11) is 0. The molecule has 0 fully saturated rings. The van der Waals surface area contributed by atoms with Crippen LogP contribution in [0.2, 0.25) is 0 Å². The number of fused-ring (bicyclic) bond motifs is 1. The first-order valence-corrected chi connectivity index (χ1v) is 9.58. The van der Waals surface area contributed by atoms with Gasteiger partial charge in [-0.05, 0) is 44.5 Å². The summed E-state index contributed by atoms with van der Waals surface area (Å²) in [6, 6.07) is 8.08. The van der Waals surface area contributed by atoms with Gasteiger partial charge in [0.15, 0.2) is 0 Å². The van der Waals surface area contributed by atoms with Crippen molar-refractivity contribution in [2.24, 2.45) is 0 Å². The maximum absolute atomic E-state index is 9.96. The summed E-state index contributed by atoms with van der Waals surface area (Å²) >= 11 is 0. The monoisotopic (exact) mass is 389 g/mol. The van der Waals surface area contributed by atoms with Crippen molar-refractivity contribution in [3.8, 4) is 22.9 Å². The molecular formula is C22H23N5O2. The molecule has 3 aromatic rings. The lowest BCUT2D eigenvalue weighted by Crippen LogP contribution is -2.27. The van der Waals surface area contributed by atoms with Crippen LogP contribution in [0.4, 0.5) is 0 Å². The van der Waals surface area contributed by atoms with Gasteiger partial charge in [0, 0.05) is 23.9 Å². The molecule has 0 saturated heterocycles. The van der Waals surface area contributed by atoms with E-state index in [0.29, 0.717) is 16.8 Å². The van der Waals surface area contributed by atoms with Crippen molar-refractivity contribution < 1.29 is 9.84 Å². The Morgan fingerprint density at radius 1 is 1.34 bits per heavy atom. The van der Waals surface area contributed by atoms with Crippen molar-refractivity contribution in [2.75, 3.05) is 19.7 Å². The smallest absolute Gasteiger partial charge is 0.138 e. The largest absolute Gasteiger partial charge is 0.489 e. The topological polar surface area (TPSA) is 95.5 Å². The first kappa shape index (κ1) is 19.1. The van der Waals surface area contributed by atoms with E-state index in [2.05, 4.69) is 27.5 Å². The van der Waals surface area contributed by atoms with Gasteiger partial charge < -0.3 is 15.2 Å². The lowest BCUT2D eigenvalue weighted by Gasteiger charge is -2.18. The quantitative estimate of drug-likeness (QED) is 0.697. The molecule has 4 rings (SSSR count). The van der Waals surface area contributed by atoms with E-state index in [9.17, 15) is 10.4 Å². The molecule has 0 unspecified atom stereocenters. The molecule has 7 nitrogen and oxygen atoms in total. The Hall–Kier alpha value is -3.21. The van der Waals surface area contributed by atoms with Crippen LogP contribution in [-0.4, -0.2) is 45.0 Å². The van der Waals surface area contributed by atoms with Gasteiger partial charge in [-0.3, -0.25) is 4.98 Å². The Morgan fingerprint density at radius 2 is 2.21 bits per heavy atom. The highest BCUT2D eigenvalue weighted by atomic mass is 16.5. The Balaban J connectivity index is 1.75. The second-order valence-corrected chi connectivity index (χ2v) is 7.77. The molecule has 0 radical (unpaired) electrons. The number of hydrogen-bond donors (Lipinski definition) is 2. The van der Waals surface area contributed by atoms with Crippen LogP contribution < -0.4 is 10.1 Å². The number of aromatic nitrogens is 3. The van der Waals surface area contributed by atoms with E-state index in [4.69, 9.17) is 4.74 Å². The molecule has 148 valence electrons. The van der Waals surface area contributed by atoms with E-state index in [-0.39, 0.29) is 6.61 Å². The molecule has 0 spiro atoms. The van der Waals surface area contributed by atoms with Crippen LogP contribution in [0.3, 0.4) is 0 Å². The van der Waals surface area contributed by atoms with Crippen LogP contribution in [0.25, 0.3) is 22.2 Å². The van der Waals surface area contributed by atoms with Gasteiger partial charge in [-0.1, -0.05) is 12.1 Å². The molecule has 3 aromatic heterocycles. The van der Waals surface area contributed by atoms with Gasteiger partial charge in [-0.2, -0.15) is 10.4 Å². The van der Waals surface area contributed by atoms with Crippen molar-refractivity contribution in [3.63, 3.8) is 0 Å². The van der Waals surface area contributed by atoms with Crippen molar-refractivity contribution in [2.45, 2.75) is 25.9 Å². The third-order valence-corrected chi connectivity index (χ3v) is 4.77. The molecule has 1 aliphatic rings. The van der Waals surface area contributed by atoms with E-state index in [1.807, 2.05) is 24.4 Å². The zero-order chi connectivity index (χ0) is 20.4. The van der Waals surface area contributed by atoms with Gasteiger partial charge in [0.05, 0.1) is 34.8 Å². The number of ether oxygens (including phenoxy) is 1. The molecule has 0 saturated carbocycles. The number of rotatable bonds is 5. The van der Waals surface area contributed by atoms with Crippen molar-refractivity contribution >= 4 is 11.1 Å². The summed E-state index contributed by atoms with van der Waals surface area (Å²) in [5.41, 5.74) is 4.13. The van der Waals surface area contributed by atoms with Crippen LogP contribution in [0.15, 0.2) is 42.9 Å². The number of nitrogens with one attached hydrogen (secondary N) is 1. The third kappa shape index (κ3) is 4.14. The molecule has 29 heavy (non-hydrogen) atoms. The highest BCUT2D eigenvalue weighted by Crippen LogP contribution is 2.31. The third-order valence-electron chi connectivity index (χ3n) is 4.77. The van der Waals surface area contributed by atoms with E-state index < -0.39 is 5.60 Å². The summed E-state index contributed by atoms with van der Waals surface area (Å²) < 4.78 is 7.41. The maximum atomic E-state index is 9.96. The van der Waals surface area contributed by atoms with Crippen LogP contribution in [0.1, 0.15) is 31.5 Å². The molecule has 2 N–H and O–H groups in total. The highest BCUT2D eigenvalue weighted by molar-refractivity contribution is 5.85. The first-order chi connectivity index (χ1) is 13.9. The van der Waals surface area contributed by atoms with Crippen molar-refractivity contribution in [1.82, 2.24) is 19.9 Å².